The van der Waals surface area contributed by atoms with E-state index in [1.54, 1.807) is 0 Å². The predicted octanol–water partition coefficient (Wildman–Crippen LogP) is 2.65. The summed E-state index contributed by atoms with van der Waals surface area (Å²) >= 11 is 6.40. The number of hydrogen-bond acceptors (Lipinski definition) is 3. The van der Waals surface area contributed by atoms with Gasteiger partial charge in [-0.2, -0.15) is 0 Å². The van der Waals surface area contributed by atoms with E-state index in [2.05, 4.69) is 36.2 Å². The van der Waals surface area contributed by atoms with Crippen LogP contribution in [0, 0.1) is 5.92 Å². The van der Waals surface area contributed by atoms with Gasteiger partial charge in [0.15, 0.2) is 0 Å². The van der Waals surface area contributed by atoms with Crippen LogP contribution < -0.4 is 10.2 Å². The van der Waals surface area contributed by atoms with Gasteiger partial charge in [-0.25, -0.2) is 0 Å². The summed E-state index contributed by atoms with van der Waals surface area (Å²) in [7, 11) is -0.649. The summed E-state index contributed by atoms with van der Waals surface area (Å²) in [6.07, 6.45) is 0. The van der Waals surface area contributed by atoms with E-state index in [4.69, 9.17) is 11.6 Å². The molecule has 0 aliphatic carbocycles. The van der Waals surface area contributed by atoms with Crippen molar-refractivity contribution >= 4 is 28.1 Å². The fraction of sp³-hybridized carbons (Fsp3) is 0.600. The van der Waals surface area contributed by atoms with Crippen LogP contribution in [0.15, 0.2) is 18.2 Å². The summed E-state index contributed by atoms with van der Waals surface area (Å²) in [5.41, 5.74) is 2.27. The second-order valence-corrected chi connectivity index (χ2v) is 7.75. The van der Waals surface area contributed by atoms with E-state index in [1.807, 2.05) is 6.07 Å². The first-order valence-corrected chi connectivity index (χ1v) is 9.02. The maximum Gasteiger partial charge on any atom is 0.0642 e. The van der Waals surface area contributed by atoms with Gasteiger partial charge in [-0.15, -0.1) is 0 Å². The van der Waals surface area contributed by atoms with Crippen LogP contribution in [0.3, 0.4) is 0 Å². The highest BCUT2D eigenvalue weighted by molar-refractivity contribution is 7.85. The maximum atomic E-state index is 11.4. The summed E-state index contributed by atoms with van der Waals surface area (Å²) < 4.78 is 11.4. The van der Waals surface area contributed by atoms with Crippen LogP contribution in [-0.4, -0.2) is 35.3 Å². The van der Waals surface area contributed by atoms with E-state index in [0.717, 1.165) is 48.4 Å². The van der Waals surface area contributed by atoms with Crippen molar-refractivity contribution in [3.8, 4) is 0 Å². The van der Waals surface area contributed by atoms with Crippen molar-refractivity contribution in [1.82, 2.24) is 5.32 Å². The molecule has 0 atom stereocenters. The molecule has 0 spiro atoms. The van der Waals surface area contributed by atoms with E-state index < -0.39 is 10.8 Å². The van der Waals surface area contributed by atoms with E-state index >= 15 is 0 Å². The highest BCUT2D eigenvalue weighted by Gasteiger charge is 2.17. The largest absolute Gasteiger partial charge is 0.368 e. The molecule has 0 unspecified atom stereocenters. The molecule has 0 radical (unpaired) electrons. The Morgan fingerprint density at radius 3 is 2.65 bits per heavy atom. The summed E-state index contributed by atoms with van der Waals surface area (Å²) in [5, 5.41) is 4.21. The number of nitrogens with one attached hydrogen (secondary N) is 1. The second kappa shape index (κ2) is 7.43. The molecule has 5 heteroatoms. The number of rotatable bonds is 5. The van der Waals surface area contributed by atoms with Crippen molar-refractivity contribution in [2.75, 3.05) is 36.0 Å². The van der Waals surface area contributed by atoms with Crippen LogP contribution in [0.25, 0.3) is 0 Å². The van der Waals surface area contributed by atoms with Gasteiger partial charge in [-0.05, 0) is 30.2 Å². The Bertz CT molecular complexity index is 469. The first kappa shape index (κ1) is 15.8. The Balaban J connectivity index is 1.97. The molecular weight excluding hydrogens is 292 g/mol. The molecule has 1 aromatic rings. The molecule has 0 saturated carbocycles. The first-order chi connectivity index (χ1) is 9.56. The smallest absolute Gasteiger partial charge is 0.0642 e. The quantitative estimate of drug-likeness (QED) is 0.907. The molecule has 1 N–H and O–H groups in total. The standard InChI is InChI=1S/C15H23ClN2OS/c1-12(2)10-17-11-13-3-4-15(14(16)9-13)18-5-7-20(19)8-6-18/h3-4,9,12,17H,5-8,10-11H2,1-2H3. The summed E-state index contributed by atoms with van der Waals surface area (Å²) in [6.45, 7) is 7.92. The van der Waals surface area contributed by atoms with E-state index in [-0.39, 0.29) is 0 Å². The Hall–Kier alpha value is -0.580. The maximum absolute atomic E-state index is 11.4. The van der Waals surface area contributed by atoms with Crippen LogP contribution >= 0.6 is 11.6 Å². The fourth-order valence-corrected chi connectivity index (χ4v) is 3.68. The lowest BCUT2D eigenvalue weighted by atomic mass is 10.1. The van der Waals surface area contributed by atoms with Gasteiger partial charge in [0.2, 0.25) is 0 Å². The van der Waals surface area contributed by atoms with Gasteiger partial charge in [-0.1, -0.05) is 31.5 Å². The third-order valence-electron chi connectivity index (χ3n) is 3.41. The molecule has 1 heterocycles. The van der Waals surface area contributed by atoms with Gasteiger partial charge in [0.1, 0.15) is 0 Å². The van der Waals surface area contributed by atoms with E-state index in [0.29, 0.717) is 5.92 Å². The molecule has 1 aromatic carbocycles. The van der Waals surface area contributed by atoms with Gasteiger partial charge < -0.3 is 10.2 Å². The molecule has 0 bridgehead atoms. The summed E-state index contributed by atoms with van der Waals surface area (Å²) in [5.74, 6) is 2.14. The summed E-state index contributed by atoms with van der Waals surface area (Å²) in [6, 6.07) is 6.25. The third kappa shape index (κ3) is 4.47. The van der Waals surface area contributed by atoms with Crippen LogP contribution in [0.5, 0.6) is 0 Å². The normalized spacial score (nSPS) is 16.9. The van der Waals surface area contributed by atoms with Gasteiger partial charge in [-0.3, -0.25) is 4.21 Å². The Morgan fingerprint density at radius 1 is 1.35 bits per heavy atom. The monoisotopic (exact) mass is 314 g/mol. The second-order valence-electron chi connectivity index (χ2n) is 5.65. The highest BCUT2D eigenvalue weighted by atomic mass is 35.5. The van der Waals surface area contributed by atoms with Gasteiger partial charge in [0.05, 0.1) is 10.7 Å². The van der Waals surface area contributed by atoms with Gasteiger partial charge in [0, 0.05) is 41.9 Å². The van der Waals surface area contributed by atoms with Crippen LogP contribution in [0.4, 0.5) is 5.69 Å². The molecular formula is C15H23ClN2OS. The topological polar surface area (TPSA) is 32.3 Å². The molecule has 1 saturated heterocycles. The minimum absolute atomic E-state index is 0.649. The van der Waals surface area contributed by atoms with Crippen LogP contribution in [0.1, 0.15) is 19.4 Å². The van der Waals surface area contributed by atoms with Crippen molar-refractivity contribution < 1.29 is 4.21 Å². The average Bonchev–Trinajstić information content (AvgIpc) is 2.40. The molecule has 1 fully saturated rings. The van der Waals surface area contributed by atoms with Gasteiger partial charge >= 0.3 is 0 Å². The molecule has 0 amide bonds. The van der Waals surface area contributed by atoms with Crippen molar-refractivity contribution in [1.29, 1.82) is 0 Å². The molecule has 3 nitrogen and oxygen atoms in total. The lowest BCUT2D eigenvalue weighted by molar-refractivity contribution is 0.552. The molecule has 1 aliphatic rings. The Labute approximate surface area is 129 Å². The lowest BCUT2D eigenvalue weighted by Gasteiger charge is -2.29. The number of nitrogens with zero attached hydrogens (tertiary/aromatic N) is 1. The van der Waals surface area contributed by atoms with Crippen LogP contribution in [0.2, 0.25) is 5.02 Å². The molecule has 112 valence electrons. The number of benzene rings is 1. The Kier molecular flexibility index (Phi) is 5.87. The van der Waals surface area contributed by atoms with Crippen molar-refractivity contribution in [2.24, 2.45) is 5.92 Å². The molecule has 0 aromatic heterocycles. The van der Waals surface area contributed by atoms with E-state index in [9.17, 15) is 4.21 Å². The molecule has 2 rings (SSSR count). The van der Waals surface area contributed by atoms with Crippen molar-refractivity contribution in [2.45, 2.75) is 20.4 Å². The first-order valence-electron chi connectivity index (χ1n) is 7.15. The summed E-state index contributed by atoms with van der Waals surface area (Å²) in [4.78, 5) is 2.23. The lowest BCUT2D eigenvalue weighted by Crippen LogP contribution is -2.37. The minimum atomic E-state index is -0.649. The fourth-order valence-electron chi connectivity index (χ4n) is 2.30. The van der Waals surface area contributed by atoms with Gasteiger partial charge in [0.25, 0.3) is 0 Å². The SMILES string of the molecule is CC(C)CNCc1ccc(N2CCS(=O)CC2)c(Cl)c1. The number of hydrogen-bond donors (Lipinski definition) is 1. The minimum Gasteiger partial charge on any atom is -0.368 e. The molecule has 1 aliphatic heterocycles. The van der Waals surface area contributed by atoms with Crippen molar-refractivity contribution in [3.63, 3.8) is 0 Å². The molecule has 20 heavy (non-hydrogen) atoms. The van der Waals surface area contributed by atoms with Crippen molar-refractivity contribution in [3.05, 3.63) is 28.8 Å². The zero-order chi connectivity index (χ0) is 14.5. The third-order valence-corrected chi connectivity index (χ3v) is 4.99. The predicted molar refractivity (Wildman–Crippen MR) is 88.1 cm³/mol. The number of halogens is 1. The van der Waals surface area contributed by atoms with E-state index in [1.165, 1.54) is 5.56 Å². The highest BCUT2D eigenvalue weighted by Crippen LogP contribution is 2.27. The number of anilines is 1. The zero-order valence-corrected chi connectivity index (χ0v) is 13.8. The average molecular weight is 315 g/mol. The van der Waals surface area contributed by atoms with Crippen LogP contribution in [-0.2, 0) is 17.3 Å². The Morgan fingerprint density at radius 2 is 2.05 bits per heavy atom. The zero-order valence-electron chi connectivity index (χ0n) is 12.2.